The minimum absolute atomic E-state index is 0.679. The zero-order valence-electron chi connectivity index (χ0n) is 9.06. The summed E-state index contributed by atoms with van der Waals surface area (Å²) in [4.78, 5) is 2.47. The highest BCUT2D eigenvalue weighted by molar-refractivity contribution is 4.61. The number of likely N-dealkylation sites (N-methyl/N-ethyl adjacent to an activating group) is 1. The van der Waals surface area contributed by atoms with E-state index in [0.717, 1.165) is 19.6 Å². The lowest BCUT2D eigenvalue weighted by molar-refractivity contribution is 0.234. The molecule has 0 saturated carbocycles. The van der Waals surface area contributed by atoms with E-state index in [9.17, 15) is 0 Å². The minimum atomic E-state index is 0.679. The van der Waals surface area contributed by atoms with E-state index < -0.39 is 0 Å². The van der Waals surface area contributed by atoms with Crippen molar-refractivity contribution < 1.29 is 0 Å². The quantitative estimate of drug-likeness (QED) is 0.588. The summed E-state index contributed by atoms with van der Waals surface area (Å²) in [6.07, 6.45) is 1.23. The van der Waals surface area contributed by atoms with Crippen LogP contribution in [-0.2, 0) is 0 Å². The molecule has 2 heteroatoms. The summed E-state index contributed by atoms with van der Waals surface area (Å²) in [5.74, 6) is 0. The van der Waals surface area contributed by atoms with Crippen LogP contribution in [0.3, 0.4) is 0 Å². The van der Waals surface area contributed by atoms with Crippen LogP contribution in [0.1, 0.15) is 34.1 Å². The van der Waals surface area contributed by atoms with Gasteiger partial charge in [0.15, 0.2) is 0 Å². The topological polar surface area (TPSA) is 15.3 Å². The zero-order chi connectivity index (χ0) is 9.40. The van der Waals surface area contributed by atoms with Gasteiger partial charge in [0.05, 0.1) is 0 Å². The lowest BCUT2D eigenvalue weighted by Crippen LogP contribution is -2.36. The van der Waals surface area contributed by atoms with Crippen LogP contribution in [-0.4, -0.2) is 37.1 Å². The molecular weight excluding hydrogens is 148 g/mol. The summed E-state index contributed by atoms with van der Waals surface area (Å²) in [6, 6.07) is 0.679. The summed E-state index contributed by atoms with van der Waals surface area (Å²) in [5, 5.41) is 3.41. The van der Waals surface area contributed by atoms with Gasteiger partial charge in [-0.05, 0) is 33.4 Å². The van der Waals surface area contributed by atoms with Crippen LogP contribution in [0.5, 0.6) is 0 Å². The molecule has 0 rings (SSSR count). The average molecular weight is 172 g/mol. The van der Waals surface area contributed by atoms with Crippen LogP contribution in [0, 0.1) is 0 Å². The fourth-order valence-corrected chi connectivity index (χ4v) is 1.31. The van der Waals surface area contributed by atoms with E-state index in [1.807, 2.05) is 0 Å². The Morgan fingerprint density at radius 3 is 2.25 bits per heavy atom. The summed E-state index contributed by atoms with van der Waals surface area (Å²) in [7, 11) is 0. The third kappa shape index (κ3) is 5.56. The molecule has 2 nitrogen and oxygen atoms in total. The number of nitrogens with zero attached hydrogens (tertiary/aromatic N) is 1. The molecule has 0 aromatic heterocycles. The van der Waals surface area contributed by atoms with Gasteiger partial charge in [-0.2, -0.15) is 0 Å². The van der Waals surface area contributed by atoms with Crippen molar-refractivity contribution >= 4 is 0 Å². The molecule has 0 unspecified atom stereocenters. The van der Waals surface area contributed by atoms with Crippen molar-refractivity contribution in [1.29, 1.82) is 0 Å². The first-order valence-electron chi connectivity index (χ1n) is 5.17. The Balaban J connectivity index is 3.32. The van der Waals surface area contributed by atoms with Crippen molar-refractivity contribution in [3.05, 3.63) is 0 Å². The first-order valence-corrected chi connectivity index (χ1v) is 5.17. The van der Waals surface area contributed by atoms with Gasteiger partial charge >= 0.3 is 0 Å². The summed E-state index contributed by atoms with van der Waals surface area (Å²) in [5.41, 5.74) is 0. The first kappa shape index (κ1) is 11.9. The fraction of sp³-hybridized carbons (Fsp3) is 1.00. The highest BCUT2D eigenvalue weighted by Crippen LogP contribution is 1.94. The van der Waals surface area contributed by atoms with E-state index in [2.05, 4.69) is 37.9 Å². The second-order valence-electron chi connectivity index (χ2n) is 3.47. The molecule has 74 valence electrons. The Morgan fingerprint density at radius 2 is 1.83 bits per heavy atom. The van der Waals surface area contributed by atoms with Crippen molar-refractivity contribution in [2.75, 3.05) is 26.2 Å². The molecule has 0 aromatic carbocycles. The monoisotopic (exact) mass is 172 g/mol. The van der Waals surface area contributed by atoms with E-state index >= 15 is 0 Å². The molecule has 0 radical (unpaired) electrons. The second kappa shape index (κ2) is 7.56. The molecule has 0 spiro atoms. The molecule has 0 amide bonds. The van der Waals surface area contributed by atoms with Crippen molar-refractivity contribution in [1.82, 2.24) is 10.2 Å². The molecule has 0 saturated heterocycles. The Morgan fingerprint density at radius 1 is 1.17 bits per heavy atom. The van der Waals surface area contributed by atoms with Gasteiger partial charge in [0, 0.05) is 19.1 Å². The second-order valence-corrected chi connectivity index (χ2v) is 3.47. The third-order valence-electron chi connectivity index (χ3n) is 2.14. The summed E-state index contributed by atoms with van der Waals surface area (Å²) >= 11 is 0. The first-order chi connectivity index (χ1) is 5.72. The Kier molecular flexibility index (Phi) is 7.51. The van der Waals surface area contributed by atoms with Crippen LogP contribution >= 0.6 is 0 Å². The Hall–Kier alpha value is -0.0800. The van der Waals surface area contributed by atoms with E-state index in [4.69, 9.17) is 0 Å². The van der Waals surface area contributed by atoms with Gasteiger partial charge in [-0.3, -0.25) is 4.90 Å². The van der Waals surface area contributed by atoms with Gasteiger partial charge in [-0.1, -0.05) is 13.8 Å². The van der Waals surface area contributed by atoms with Crippen LogP contribution in [0.15, 0.2) is 0 Å². The van der Waals surface area contributed by atoms with Crippen LogP contribution in [0.2, 0.25) is 0 Å². The maximum absolute atomic E-state index is 3.41. The molecule has 0 aliphatic heterocycles. The number of rotatable bonds is 7. The van der Waals surface area contributed by atoms with Crippen molar-refractivity contribution in [2.45, 2.75) is 40.2 Å². The number of hydrogen-bond acceptors (Lipinski definition) is 2. The molecule has 0 atom stereocenters. The van der Waals surface area contributed by atoms with E-state index in [1.165, 1.54) is 13.0 Å². The summed E-state index contributed by atoms with van der Waals surface area (Å²) in [6.45, 7) is 13.5. The van der Waals surface area contributed by atoms with E-state index in [0.29, 0.717) is 6.04 Å². The molecular formula is C10H24N2. The number of hydrogen-bond donors (Lipinski definition) is 1. The van der Waals surface area contributed by atoms with E-state index in [1.54, 1.807) is 0 Å². The van der Waals surface area contributed by atoms with Crippen molar-refractivity contribution in [3.63, 3.8) is 0 Å². The SMILES string of the molecule is CCCNCCN(CC)C(C)C. The van der Waals surface area contributed by atoms with Gasteiger partial charge in [-0.25, -0.2) is 0 Å². The molecule has 0 aliphatic carbocycles. The van der Waals surface area contributed by atoms with Gasteiger partial charge < -0.3 is 5.32 Å². The maximum atomic E-state index is 3.41. The average Bonchev–Trinajstić information content (AvgIpc) is 2.04. The molecule has 0 heterocycles. The standard InChI is InChI=1S/C10H24N2/c1-5-7-11-8-9-12(6-2)10(3)4/h10-11H,5-9H2,1-4H3. The van der Waals surface area contributed by atoms with Crippen molar-refractivity contribution in [3.8, 4) is 0 Å². The molecule has 0 aliphatic rings. The third-order valence-corrected chi connectivity index (χ3v) is 2.14. The number of nitrogens with one attached hydrogen (secondary N) is 1. The highest BCUT2D eigenvalue weighted by atomic mass is 15.2. The maximum Gasteiger partial charge on any atom is 0.0109 e. The normalized spacial score (nSPS) is 11.5. The zero-order valence-corrected chi connectivity index (χ0v) is 9.06. The van der Waals surface area contributed by atoms with Crippen molar-refractivity contribution in [2.24, 2.45) is 0 Å². The fourth-order valence-electron chi connectivity index (χ4n) is 1.31. The van der Waals surface area contributed by atoms with Gasteiger partial charge in [0.1, 0.15) is 0 Å². The summed E-state index contributed by atoms with van der Waals surface area (Å²) < 4.78 is 0. The Labute approximate surface area is 77.3 Å². The largest absolute Gasteiger partial charge is 0.315 e. The smallest absolute Gasteiger partial charge is 0.0109 e. The minimum Gasteiger partial charge on any atom is -0.315 e. The molecule has 0 bridgehead atoms. The van der Waals surface area contributed by atoms with Crippen LogP contribution in [0.25, 0.3) is 0 Å². The van der Waals surface area contributed by atoms with Gasteiger partial charge in [0.2, 0.25) is 0 Å². The van der Waals surface area contributed by atoms with Gasteiger partial charge in [-0.15, -0.1) is 0 Å². The lowest BCUT2D eigenvalue weighted by atomic mass is 10.3. The Bertz CT molecular complexity index is 91.8. The van der Waals surface area contributed by atoms with Crippen LogP contribution in [0.4, 0.5) is 0 Å². The molecule has 1 N–H and O–H groups in total. The predicted octanol–water partition coefficient (Wildman–Crippen LogP) is 1.72. The lowest BCUT2D eigenvalue weighted by Gasteiger charge is -2.24. The molecule has 0 fully saturated rings. The van der Waals surface area contributed by atoms with E-state index in [-0.39, 0.29) is 0 Å². The highest BCUT2D eigenvalue weighted by Gasteiger charge is 2.04. The molecule has 12 heavy (non-hydrogen) atoms. The van der Waals surface area contributed by atoms with Crippen LogP contribution < -0.4 is 5.32 Å². The molecule has 0 aromatic rings. The van der Waals surface area contributed by atoms with Gasteiger partial charge in [0.25, 0.3) is 0 Å². The predicted molar refractivity (Wildman–Crippen MR) is 55.5 cm³/mol.